The van der Waals surface area contributed by atoms with E-state index in [2.05, 4.69) is 25.5 Å². The molecule has 1 aromatic heterocycles. The van der Waals surface area contributed by atoms with E-state index in [4.69, 9.17) is 15.3 Å². The monoisotopic (exact) mass is 410 g/mol. The van der Waals surface area contributed by atoms with Gasteiger partial charge in [-0.2, -0.15) is 0 Å². The van der Waals surface area contributed by atoms with Gasteiger partial charge in [0.1, 0.15) is 0 Å². The van der Waals surface area contributed by atoms with Crippen molar-refractivity contribution in [3.8, 4) is 0 Å². The van der Waals surface area contributed by atoms with Gasteiger partial charge in [-0.1, -0.05) is 0 Å². The average Bonchev–Trinajstić information content (AvgIpc) is 3.40. The molecule has 0 aliphatic carbocycles. The van der Waals surface area contributed by atoms with Gasteiger partial charge >= 0.3 is 6.03 Å². The number of benzene rings is 1. The van der Waals surface area contributed by atoms with E-state index in [0.717, 1.165) is 37.5 Å². The summed E-state index contributed by atoms with van der Waals surface area (Å²) in [4.78, 5) is 21.7. The largest absolute Gasteiger partial charge is 0.395 e. The van der Waals surface area contributed by atoms with Crippen LogP contribution in [0.4, 0.5) is 10.5 Å². The second-order valence-corrected chi connectivity index (χ2v) is 7.41. The molecule has 0 spiro atoms. The zero-order valence-corrected chi connectivity index (χ0v) is 16.6. The van der Waals surface area contributed by atoms with Gasteiger partial charge in [0.05, 0.1) is 24.5 Å². The summed E-state index contributed by atoms with van der Waals surface area (Å²) in [5, 5.41) is 22.5. The number of carbonyl (C=O) groups is 1. The van der Waals surface area contributed by atoms with Gasteiger partial charge in [-0.15, -0.1) is 0 Å². The first-order chi connectivity index (χ1) is 14.6. The maximum atomic E-state index is 11.7. The van der Waals surface area contributed by atoms with Crippen molar-refractivity contribution in [1.29, 1.82) is 5.41 Å². The fourth-order valence-electron chi connectivity index (χ4n) is 3.79. The van der Waals surface area contributed by atoms with Gasteiger partial charge in [0, 0.05) is 37.1 Å². The molecule has 5 N–H and O–H groups in total. The number of aliphatic hydroxyl groups is 1. The van der Waals surface area contributed by atoms with E-state index in [-0.39, 0.29) is 37.2 Å². The standard InChI is InChI=1S/C21H26N6O3/c22-19(14-3-5-15(6-4-14)25-21(29)24-10-11-28)26-20(18-2-1-9-23-18)27-12-16-7-8-17(13-27)30-16/h1-6,9,16-17,22-23,28H,7-8,10-13H2,(H2,24,25,29)/t16-,17+. The van der Waals surface area contributed by atoms with Crippen molar-refractivity contribution in [2.75, 3.05) is 31.6 Å². The van der Waals surface area contributed by atoms with Crippen LogP contribution in [0.25, 0.3) is 0 Å². The Bertz CT molecular complexity index is 897. The van der Waals surface area contributed by atoms with Crippen molar-refractivity contribution in [2.45, 2.75) is 25.0 Å². The lowest BCUT2D eigenvalue weighted by molar-refractivity contribution is -0.0155. The van der Waals surface area contributed by atoms with Gasteiger partial charge in [0.2, 0.25) is 0 Å². The molecule has 4 rings (SSSR count). The molecule has 9 heteroatoms. The van der Waals surface area contributed by atoms with Crippen molar-refractivity contribution in [2.24, 2.45) is 4.99 Å². The molecule has 0 saturated carbocycles. The normalized spacial score (nSPS) is 20.8. The van der Waals surface area contributed by atoms with Crippen LogP contribution in [0.1, 0.15) is 24.1 Å². The average molecular weight is 410 g/mol. The molecular formula is C21H26N6O3. The third kappa shape index (κ3) is 4.69. The molecule has 0 unspecified atom stereocenters. The highest BCUT2D eigenvalue weighted by Gasteiger charge is 2.35. The Balaban J connectivity index is 1.49. The van der Waals surface area contributed by atoms with Crippen molar-refractivity contribution < 1.29 is 14.6 Å². The van der Waals surface area contributed by atoms with Crippen LogP contribution in [0.3, 0.4) is 0 Å². The number of aromatic amines is 1. The molecule has 2 bridgehead atoms. The zero-order valence-electron chi connectivity index (χ0n) is 16.6. The van der Waals surface area contributed by atoms with E-state index in [1.54, 1.807) is 24.3 Å². The predicted molar refractivity (Wildman–Crippen MR) is 114 cm³/mol. The van der Waals surface area contributed by atoms with Crippen molar-refractivity contribution >= 4 is 23.4 Å². The van der Waals surface area contributed by atoms with Crippen molar-refractivity contribution in [3.63, 3.8) is 0 Å². The number of nitrogens with one attached hydrogen (secondary N) is 4. The first-order valence-electron chi connectivity index (χ1n) is 10.1. The summed E-state index contributed by atoms with van der Waals surface area (Å²) in [6.07, 6.45) is 4.43. The number of morpholine rings is 1. The molecule has 3 heterocycles. The van der Waals surface area contributed by atoms with Crippen LogP contribution in [0.15, 0.2) is 47.6 Å². The Hall–Kier alpha value is -3.17. The topological polar surface area (TPSA) is 126 Å². The number of aromatic nitrogens is 1. The lowest BCUT2D eigenvalue weighted by Crippen LogP contribution is -2.46. The minimum Gasteiger partial charge on any atom is -0.395 e. The number of hydrogen-bond donors (Lipinski definition) is 5. The summed E-state index contributed by atoms with van der Waals surface area (Å²) < 4.78 is 5.94. The molecule has 9 nitrogen and oxygen atoms in total. The maximum absolute atomic E-state index is 11.7. The molecule has 2 aromatic rings. The summed E-state index contributed by atoms with van der Waals surface area (Å²) in [5.41, 5.74) is 2.12. The number of hydrogen-bond acceptors (Lipinski definition) is 4. The van der Waals surface area contributed by atoms with Gasteiger partial charge in [-0.3, -0.25) is 5.41 Å². The molecule has 2 amide bonds. The molecule has 0 radical (unpaired) electrons. The number of carbonyl (C=O) groups excluding carboxylic acids is 1. The molecular weight excluding hydrogens is 384 g/mol. The van der Waals surface area contributed by atoms with E-state index in [0.29, 0.717) is 11.3 Å². The highest BCUT2D eigenvalue weighted by atomic mass is 16.5. The number of fused-ring (bicyclic) bond motifs is 2. The van der Waals surface area contributed by atoms with E-state index >= 15 is 0 Å². The fraction of sp³-hybridized carbons (Fsp3) is 0.381. The molecule has 2 aliphatic rings. The molecule has 158 valence electrons. The van der Waals surface area contributed by atoms with Gasteiger partial charge in [-0.25, -0.2) is 9.79 Å². The van der Waals surface area contributed by atoms with Crippen LogP contribution in [0.5, 0.6) is 0 Å². The first-order valence-corrected chi connectivity index (χ1v) is 10.1. The summed E-state index contributed by atoms with van der Waals surface area (Å²) in [6, 6.07) is 10.4. The minimum absolute atomic E-state index is 0.116. The summed E-state index contributed by atoms with van der Waals surface area (Å²) in [5.74, 6) is 0.894. The van der Waals surface area contributed by atoms with E-state index in [1.165, 1.54) is 0 Å². The van der Waals surface area contributed by atoms with Crippen LogP contribution in [-0.4, -0.2) is 71.1 Å². The lowest BCUT2D eigenvalue weighted by Gasteiger charge is -2.34. The molecule has 30 heavy (non-hydrogen) atoms. The maximum Gasteiger partial charge on any atom is 0.319 e. The third-order valence-corrected chi connectivity index (χ3v) is 5.21. The Kier molecular flexibility index (Phi) is 6.10. The number of likely N-dealkylation sites (tertiary alicyclic amines) is 1. The number of amidine groups is 2. The Morgan fingerprint density at radius 1 is 1.23 bits per heavy atom. The summed E-state index contributed by atoms with van der Waals surface area (Å²) >= 11 is 0. The Labute approximate surface area is 174 Å². The number of nitrogens with zero attached hydrogens (tertiary/aromatic N) is 2. The lowest BCUT2D eigenvalue weighted by atomic mass is 10.2. The summed E-state index contributed by atoms with van der Waals surface area (Å²) in [6.45, 7) is 1.62. The van der Waals surface area contributed by atoms with Crippen LogP contribution in [0.2, 0.25) is 0 Å². The SMILES string of the molecule is N=C(N=C(c1ccc[nH]1)N1C[C@H]2CC[C@@H](C1)O2)c1ccc(NC(=O)NCCO)cc1. The molecule has 2 saturated heterocycles. The van der Waals surface area contributed by atoms with Crippen LogP contribution in [0, 0.1) is 5.41 Å². The first kappa shape index (κ1) is 20.1. The number of amides is 2. The highest BCUT2D eigenvalue weighted by molar-refractivity contribution is 6.09. The molecule has 2 aliphatic heterocycles. The number of aliphatic hydroxyl groups excluding tert-OH is 1. The summed E-state index contributed by atoms with van der Waals surface area (Å²) in [7, 11) is 0. The third-order valence-electron chi connectivity index (χ3n) is 5.21. The van der Waals surface area contributed by atoms with Gasteiger partial charge in [0.25, 0.3) is 0 Å². The number of urea groups is 1. The molecule has 2 atom stereocenters. The number of H-pyrrole nitrogens is 1. The predicted octanol–water partition coefficient (Wildman–Crippen LogP) is 1.76. The molecule has 2 fully saturated rings. The van der Waals surface area contributed by atoms with Gasteiger partial charge < -0.3 is 30.4 Å². The number of rotatable bonds is 5. The second kappa shape index (κ2) is 9.10. The van der Waals surface area contributed by atoms with E-state index in [1.807, 2.05) is 18.3 Å². The Morgan fingerprint density at radius 3 is 2.60 bits per heavy atom. The van der Waals surface area contributed by atoms with Crippen molar-refractivity contribution in [1.82, 2.24) is 15.2 Å². The van der Waals surface area contributed by atoms with E-state index < -0.39 is 0 Å². The smallest absolute Gasteiger partial charge is 0.319 e. The second-order valence-electron chi connectivity index (χ2n) is 7.41. The van der Waals surface area contributed by atoms with Gasteiger partial charge in [0.15, 0.2) is 11.7 Å². The minimum atomic E-state index is -0.388. The molecule has 1 aromatic carbocycles. The van der Waals surface area contributed by atoms with Crippen LogP contribution in [-0.2, 0) is 4.74 Å². The number of anilines is 1. The van der Waals surface area contributed by atoms with Gasteiger partial charge in [-0.05, 0) is 49.2 Å². The van der Waals surface area contributed by atoms with E-state index in [9.17, 15) is 4.79 Å². The number of ether oxygens (including phenoxy) is 1. The highest BCUT2D eigenvalue weighted by Crippen LogP contribution is 2.27. The fourth-order valence-corrected chi connectivity index (χ4v) is 3.79. The number of aliphatic imine (C=N–C) groups is 1. The Morgan fingerprint density at radius 2 is 1.97 bits per heavy atom. The zero-order chi connectivity index (χ0) is 20.9. The van der Waals surface area contributed by atoms with Crippen LogP contribution >= 0.6 is 0 Å². The van der Waals surface area contributed by atoms with Crippen LogP contribution < -0.4 is 10.6 Å². The van der Waals surface area contributed by atoms with Crippen molar-refractivity contribution in [3.05, 3.63) is 53.9 Å². The quantitative estimate of drug-likeness (QED) is 0.380.